The minimum atomic E-state index is -0.660. The van der Waals surface area contributed by atoms with Crippen LogP contribution in [0.3, 0.4) is 0 Å². The van der Waals surface area contributed by atoms with Gasteiger partial charge in [-0.2, -0.15) is 0 Å². The Kier molecular flexibility index (Phi) is 34.9. The van der Waals surface area contributed by atoms with Gasteiger partial charge in [-0.25, -0.2) is 0 Å². The predicted octanol–water partition coefficient (Wildman–Crippen LogP) is 11.5. The fourth-order valence-electron chi connectivity index (χ4n) is 6.00. The normalized spacial score (nSPS) is 13.1. The smallest absolute Gasteiger partial charge is 0.220 e. The highest BCUT2D eigenvalue weighted by Crippen LogP contribution is 2.16. The van der Waals surface area contributed by atoms with Crippen molar-refractivity contribution in [2.24, 2.45) is 0 Å². The largest absolute Gasteiger partial charge is 0.394 e. The van der Waals surface area contributed by atoms with Crippen molar-refractivity contribution < 1.29 is 15.0 Å². The summed E-state index contributed by atoms with van der Waals surface area (Å²) >= 11 is 0. The molecule has 0 rings (SSSR count). The van der Waals surface area contributed by atoms with Crippen LogP contribution in [0.2, 0.25) is 0 Å². The van der Waals surface area contributed by atoms with E-state index in [0.29, 0.717) is 12.8 Å². The van der Waals surface area contributed by atoms with E-state index in [1.54, 1.807) is 0 Å². The molecule has 0 aromatic rings. The molecule has 0 bridgehead atoms. The molecule has 4 heteroatoms. The van der Waals surface area contributed by atoms with Crippen molar-refractivity contribution in [2.45, 2.75) is 225 Å². The average Bonchev–Trinajstić information content (AvgIpc) is 3.01. The molecule has 0 spiro atoms. The Morgan fingerprint density at radius 2 is 0.884 bits per heavy atom. The summed E-state index contributed by atoms with van der Waals surface area (Å²) < 4.78 is 0. The number of unbranched alkanes of at least 4 members (excludes halogenated alkanes) is 26. The van der Waals surface area contributed by atoms with Crippen molar-refractivity contribution in [3.05, 3.63) is 12.2 Å². The maximum atomic E-state index is 12.3. The number of aliphatic hydroxyl groups is 2. The molecule has 0 aromatic heterocycles. The molecule has 0 aromatic carbocycles. The first-order valence-corrected chi connectivity index (χ1v) is 19.4. The lowest BCUT2D eigenvalue weighted by Crippen LogP contribution is -2.45. The monoisotopic (exact) mass is 608 g/mol. The summed E-state index contributed by atoms with van der Waals surface area (Å²) in [4.78, 5) is 12.3. The van der Waals surface area contributed by atoms with Gasteiger partial charge >= 0.3 is 0 Å². The fourth-order valence-corrected chi connectivity index (χ4v) is 6.00. The third-order valence-electron chi connectivity index (χ3n) is 9.03. The number of rotatable bonds is 35. The highest BCUT2D eigenvalue weighted by molar-refractivity contribution is 5.76. The van der Waals surface area contributed by atoms with Crippen LogP contribution in [0.15, 0.2) is 12.2 Å². The summed E-state index contributed by atoms with van der Waals surface area (Å²) in [5, 5.41) is 23.1. The zero-order valence-corrected chi connectivity index (χ0v) is 29.2. The zero-order valence-electron chi connectivity index (χ0n) is 29.2. The minimum Gasteiger partial charge on any atom is -0.394 e. The standard InChI is InChI=1S/C39H77NO3/c1-3-5-7-9-11-13-15-17-18-19-20-21-23-24-26-28-30-32-34-38(42)37(36-41)40-39(43)35-33-31-29-27-25-22-16-14-12-10-8-6-4-2/h22,25,37-38,41-42H,3-21,23-24,26-36H2,1-2H3,(H,40,43)/b25-22-. The molecule has 0 aliphatic carbocycles. The van der Waals surface area contributed by atoms with Crippen LogP contribution < -0.4 is 5.32 Å². The van der Waals surface area contributed by atoms with Crippen molar-refractivity contribution in [1.82, 2.24) is 5.32 Å². The Morgan fingerprint density at radius 1 is 0.535 bits per heavy atom. The zero-order chi connectivity index (χ0) is 31.5. The van der Waals surface area contributed by atoms with Gasteiger partial charge in [-0.15, -0.1) is 0 Å². The maximum Gasteiger partial charge on any atom is 0.220 e. The molecular formula is C39H77NO3. The molecule has 0 fully saturated rings. The van der Waals surface area contributed by atoms with E-state index in [0.717, 1.165) is 38.5 Å². The molecule has 0 aliphatic heterocycles. The summed E-state index contributed by atoms with van der Waals surface area (Å²) in [6.45, 7) is 4.34. The molecule has 256 valence electrons. The Morgan fingerprint density at radius 3 is 1.28 bits per heavy atom. The fraction of sp³-hybridized carbons (Fsp3) is 0.923. The van der Waals surface area contributed by atoms with Gasteiger partial charge in [0.2, 0.25) is 5.91 Å². The number of hydrogen-bond donors (Lipinski definition) is 3. The van der Waals surface area contributed by atoms with Crippen LogP contribution in [0.5, 0.6) is 0 Å². The van der Waals surface area contributed by atoms with Crippen LogP contribution in [0.4, 0.5) is 0 Å². The summed E-state index contributed by atoms with van der Waals surface area (Å²) in [5.74, 6) is -0.0467. The molecule has 0 aliphatic rings. The SMILES string of the molecule is CCCCCCCC/C=C\CCCCCC(=O)NC(CO)C(O)CCCCCCCCCCCCCCCCCCCC. The van der Waals surface area contributed by atoms with E-state index in [9.17, 15) is 15.0 Å². The second kappa shape index (κ2) is 35.6. The molecule has 0 radical (unpaired) electrons. The van der Waals surface area contributed by atoms with Crippen LogP contribution in [-0.2, 0) is 4.79 Å². The van der Waals surface area contributed by atoms with E-state index in [-0.39, 0.29) is 12.5 Å². The number of allylic oxidation sites excluding steroid dienone is 2. The molecule has 3 N–H and O–H groups in total. The van der Waals surface area contributed by atoms with E-state index >= 15 is 0 Å². The first kappa shape index (κ1) is 42.1. The molecule has 2 unspecified atom stereocenters. The predicted molar refractivity (Wildman–Crippen MR) is 189 cm³/mol. The van der Waals surface area contributed by atoms with Gasteiger partial charge in [-0.3, -0.25) is 4.79 Å². The molecule has 43 heavy (non-hydrogen) atoms. The number of amides is 1. The average molecular weight is 608 g/mol. The van der Waals surface area contributed by atoms with Crippen LogP contribution in [0.25, 0.3) is 0 Å². The molecule has 0 saturated heterocycles. The van der Waals surface area contributed by atoms with Crippen LogP contribution in [0.1, 0.15) is 213 Å². The third kappa shape index (κ3) is 32.3. The second-order valence-electron chi connectivity index (χ2n) is 13.4. The maximum absolute atomic E-state index is 12.3. The van der Waals surface area contributed by atoms with Crippen LogP contribution >= 0.6 is 0 Å². The highest BCUT2D eigenvalue weighted by Gasteiger charge is 2.19. The van der Waals surface area contributed by atoms with E-state index in [4.69, 9.17) is 0 Å². The lowest BCUT2D eigenvalue weighted by molar-refractivity contribution is -0.123. The van der Waals surface area contributed by atoms with Gasteiger partial charge in [0.25, 0.3) is 0 Å². The van der Waals surface area contributed by atoms with E-state index in [1.807, 2.05) is 0 Å². The van der Waals surface area contributed by atoms with Crippen molar-refractivity contribution >= 4 is 5.91 Å². The van der Waals surface area contributed by atoms with Gasteiger partial charge in [0, 0.05) is 6.42 Å². The Labute approximate surface area is 269 Å². The van der Waals surface area contributed by atoms with Gasteiger partial charge in [-0.05, 0) is 38.5 Å². The Bertz CT molecular complexity index is 579. The molecule has 0 heterocycles. The number of nitrogens with one attached hydrogen (secondary N) is 1. The summed E-state index contributed by atoms with van der Waals surface area (Å²) in [6.07, 6.45) is 42.7. The highest BCUT2D eigenvalue weighted by atomic mass is 16.3. The van der Waals surface area contributed by atoms with Gasteiger partial charge in [0.1, 0.15) is 0 Å². The van der Waals surface area contributed by atoms with Gasteiger partial charge in [0.15, 0.2) is 0 Å². The Hall–Kier alpha value is -0.870. The van der Waals surface area contributed by atoms with Crippen molar-refractivity contribution in [2.75, 3.05) is 6.61 Å². The second-order valence-corrected chi connectivity index (χ2v) is 13.4. The first-order valence-electron chi connectivity index (χ1n) is 19.4. The molecule has 0 saturated carbocycles. The lowest BCUT2D eigenvalue weighted by Gasteiger charge is -2.22. The summed E-state index contributed by atoms with van der Waals surface area (Å²) in [7, 11) is 0. The Balaban J connectivity index is 3.54. The quantitative estimate of drug-likeness (QED) is 0.0496. The number of carbonyl (C=O) groups is 1. The molecule has 4 nitrogen and oxygen atoms in total. The first-order chi connectivity index (χ1) is 21.2. The van der Waals surface area contributed by atoms with E-state index in [1.165, 1.54) is 148 Å². The molecule has 1 amide bonds. The van der Waals surface area contributed by atoms with Gasteiger partial charge < -0.3 is 15.5 Å². The minimum absolute atomic E-state index is 0.0467. The van der Waals surface area contributed by atoms with Gasteiger partial charge in [0.05, 0.1) is 18.8 Å². The van der Waals surface area contributed by atoms with Crippen molar-refractivity contribution in [1.29, 1.82) is 0 Å². The van der Waals surface area contributed by atoms with Crippen molar-refractivity contribution in [3.63, 3.8) is 0 Å². The van der Waals surface area contributed by atoms with Gasteiger partial charge in [-0.1, -0.05) is 180 Å². The van der Waals surface area contributed by atoms with E-state index < -0.39 is 12.1 Å². The summed E-state index contributed by atoms with van der Waals surface area (Å²) in [6, 6.07) is -0.539. The topological polar surface area (TPSA) is 69.6 Å². The molecule has 2 atom stereocenters. The van der Waals surface area contributed by atoms with Crippen LogP contribution in [0, 0.1) is 0 Å². The number of carbonyl (C=O) groups excluding carboxylic acids is 1. The lowest BCUT2D eigenvalue weighted by atomic mass is 10.0. The van der Waals surface area contributed by atoms with Crippen molar-refractivity contribution in [3.8, 4) is 0 Å². The third-order valence-corrected chi connectivity index (χ3v) is 9.03. The molecular weight excluding hydrogens is 530 g/mol. The summed E-state index contributed by atoms with van der Waals surface area (Å²) in [5.41, 5.74) is 0. The number of hydrogen-bond acceptors (Lipinski definition) is 3. The van der Waals surface area contributed by atoms with E-state index in [2.05, 4.69) is 31.3 Å². The van der Waals surface area contributed by atoms with Crippen LogP contribution in [-0.4, -0.2) is 34.9 Å². The number of aliphatic hydroxyl groups excluding tert-OH is 2.